The standard InChI is InChI=1S/C12H13N3O4/c16-9(8-19-10-4-2-1-3-5-10)7-15-12(18)14-11(17)6-13-15/h1-6,9,16H,7-8H2,(H,14,17,18). The number of nitrogens with one attached hydrogen (secondary N) is 1. The number of benzene rings is 1. The third-order valence-electron chi connectivity index (χ3n) is 2.35. The van der Waals surface area contributed by atoms with Crippen LogP contribution in [0.15, 0.2) is 46.1 Å². The van der Waals surface area contributed by atoms with Crippen molar-refractivity contribution in [2.75, 3.05) is 6.61 Å². The summed E-state index contributed by atoms with van der Waals surface area (Å²) in [6.07, 6.45) is 0.0721. The first kappa shape index (κ1) is 13.0. The zero-order valence-electron chi connectivity index (χ0n) is 10.0. The molecule has 2 rings (SSSR count). The summed E-state index contributed by atoms with van der Waals surface area (Å²) in [6, 6.07) is 9.01. The monoisotopic (exact) mass is 263 g/mol. The minimum absolute atomic E-state index is 0.0251. The number of H-pyrrole nitrogens is 1. The number of aromatic amines is 1. The molecule has 1 aromatic carbocycles. The lowest BCUT2D eigenvalue weighted by atomic mass is 10.3. The normalized spacial score (nSPS) is 12.1. The maximum absolute atomic E-state index is 11.3. The summed E-state index contributed by atoms with van der Waals surface area (Å²) < 4.78 is 6.31. The Morgan fingerprint density at radius 1 is 1.32 bits per heavy atom. The Bertz CT molecular complexity index is 635. The van der Waals surface area contributed by atoms with Crippen LogP contribution in [0, 0.1) is 0 Å². The molecule has 0 aliphatic rings. The van der Waals surface area contributed by atoms with E-state index in [9.17, 15) is 14.7 Å². The van der Waals surface area contributed by atoms with Crippen molar-refractivity contribution in [1.29, 1.82) is 0 Å². The fourth-order valence-corrected chi connectivity index (χ4v) is 1.47. The van der Waals surface area contributed by atoms with Gasteiger partial charge >= 0.3 is 5.69 Å². The maximum atomic E-state index is 11.3. The van der Waals surface area contributed by atoms with Gasteiger partial charge in [0, 0.05) is 0 Å². The maximum Gasteiger partial charge on any atom is 0.344 e. The van der Waals surface area contributed by atoms with Crippen LogP contribution in [0.2, 0.25) is 0 Å². The van der Waals surface area contributed by atoms with Crippen LogP contribution in [0.5, 0.6) is 5.75 Å². The summed E-state index contributed by atoms with van der Waals surface area (Å²) in [5.74, 6) is 0.628. The highest BCUT2D eigenvalue weighted by Crippen LogP contribution is 2.08. The smallest absolute Gasteiger partial charge is 0.344 e. The number of para-hydroxylation sites is 1. The number of hydrogen-bond acceptors (Lipinski definition) is 5. The Balaban J connectivity index is 1.92. The van der Waals surface area contributed by atoms with Gasteiger partial charge in [-0.05, 0) is 12.1 Å². The lowest BCUT2D eigenvalue weighted by Gasteiger charge is -2.12. The van der Waals surface area contributed by atoms with Gasteiger partial charge in [0.2, 0.25) is 0 Å². The van der Waals surface area contributed by atoms with Crippen molar-refractivity contribution < 1.29 is 9.84 Å². The molecule has 0 aliphatic heterocycles. The summed E-state index contributed by atoms with van der Waals surface area (Å²) in [6.45, 7) is -0.0281. The van der Waals surface area contributed by atoms with Crippen LogP contribution >= 0.6 is 0 Å². The van der Waals surface area contributed by atoms with Crippen molar-refractivity contribution in [3.8, 4) is 5.75 Å². The zero-order chi connectivity index (χ0) is 13.7. The molecule has 7 nitrogen and oxygen atoms in total. The highest BCUT2D eigenvalue weighted by Gasteiger charge is 2.08. The Morgan fingerprint density at radius 3 is 2.74 bits per heavy atom. The highest BCUT2D eigenvalue weighted by molar-refractivity contribution is 5.20. The molecular weight excluding hydrogens is 250 g/mol. The highest BCUT2D eigenvalue weighted by atomic mass is 16.5. The Hall–Kier alpha value is -2.41. The van der Waals surface area contributed by atoms with Crippen LogP contribution in [0.3, 0.4) is 0 Å². The molecule has 1 heterocycles. The summed E-state index contributed by atoms with van der Waals surface area (Å²) in [5.41, 5.74) is -1.23. The average molecular weight is 263 g/mol. The van der Waals surface area contributed by atoms with Crippen molar-refractivity contribution in [1.82, 2.24) is 14.8 Å². The summed E-state index contributed by atoms with van der Waals surface area (Å²) in [4.78, 5) is 24.2. The van der Waals surface area contributed by atoms with Crippen molar-refractivity contribution in [3.63, 3.8) is 0 Å². The second-order valence-electron chi connectivity index (χ2n) is 3.90. The molecule has 0 radical (unpaired) electrons. The first-order valence-electron chi connectivity index (χ1n) is 5.67. The molecule has 0 fully saturated rings. The predicted octanol–water partition coefficient (Wildman–Crippen LogP) is -0.629. The van der Waals surface area contributed by atoms with E-state index in [0.717, 1.165) is 10.9 Å². The van der Waals surface area contributed by atoms with Crippen LogP contribution in [0.25, 0.3) is 0 Å². The average Bonchev–Trinajstić information content (AvgIpc) is 2.41. The largest absolute Gasteiger partial charge is 0.491 e. The molecule has 0 aliphatic carbocycles. The van der Waals surface area contributed by atoms with Crippen LogP contribution in [-0.4, -0.2) is 32.6 Å². The van der Waals surface area contributed by atoms with Gasteiger partial charge in [-0.3, -0.25) is 9.78 Å². The summed E-state index contributed by atoms with van der Waals surface area (Å²) in [5, 5.41) is 13.4. The van der Waals surface area contributed by atoms with Crippen molar-refractivity contribution in [2.45, 2.75) is 12.6 Å². The Morgan fingerprint density at radius 2 is 2.05 bits per heavy atom. The number of aromatic nitrogens is 3. The van der Waals surface area contributed by atoms with Crippen molar-refractivity contribution >= 4 is 0 Å². The van der Waals surface area contributed by atoms with Gasteiger partial charge in [0.05, 0.1) is 6.54 Å². The van der Waals surface area contributed by atoms with E-state index in [2.05, 4.69) is 10.1 Å². The Kier molecular flexibility index (Phi) is 4.09. The quantitative estimate of drug-likeness (QED) is 0.748. The van der Waals surface area contributed by atoms with E-state index in [1.165, 1.54) is 0 Å². The number of ether oxygens (including phenoxy) is 1. The second-order valence-corrected chi connectivity index (χ2v) is 3.90. The van der Waals surface area contributed by atoms with Crippen LogP contribution < -0.4 is 16.0 Å². The third kappa shape index (κ3) is 3.78. The lowest BCUT2D eigenvalue weighted by molar-refractivity contribution is 0.0874. The van der Waals surface area contributed by atoms with E-state index < -0.39 is 17.4 Å². The molecule has 1 unspecified atom stereocenters. The van der Waals surface area contributed by atoms with Crippen molar-refractivity contribution in [2.24, 2.45) is 0 Å². The lowest BCUT2D eigenvalue weighted by Crippen LogP contribution is -2.36. The minimum atomic E-state index is -0.906. The van der Waals surface area contributed by atoms with Gasteiger partial charge in [-0.1, -0.05) is 18.2 Å². The topological polar surface area (TPSA) is 97.2 Å². The molecule has 2 N–H and O–H groups in total. The fraction of sp³-hybridized carbons (Fsp3) is 0.250. The second kappa shape index (κ2) is 5.96. The molecular formula is C12H13N3O4. The van der Waals surface area contributed by atoms with Crippen molar-refractivity contribution in [3.05, 3.63) is 57.4 Å². The van der Waals surface area contributed by atoms with E-state index in [0.29, 0.717) is 5.75 Å². The molecule has 7 heteroatoms. The molecule has 0 amide bonds. The number of nitrogens with zero attached hydrogens (tertiary/aromatic N) is 2. The van der Waals surface area contributed by atoms with E-state index in [1.54, 1.807) is 12.1 Å². The number of hydrogen-bond donors (Lipinski definition) is 2. The molecule has 1 atom stereocenters. The first-order chi connectivity index (χ1) is 9.15. The van der Waals surface area contributed by atoms with E-state index in [4.69, 9.17) is 4.74 Å². The summed E-state index contributed by atoms with van der Waals surface area (Å²) >= 11 is 0. The van der Waals surface area contributed by atoms with Gasteiger partial charge in [0.25, 0.3) is 5.56 Å². The van der Waals surface area contributed by atoms with E-state index >= 15 is 0 Å². The fourth-order valence-electron chi connectivity index (χ4n) is 1.47. The SMILES string of the molecule is O=c1cnn(CC(O)COc2ccccc2)c(=O)[nH]1. The summed E-state index contributed by atoms with van der Waals surface area (Å²) in [7, 11) is 0. The molecule has 0 saturated heterocycles. The van der Waals surface area contributed by atoms with Gasteiger partial charge in [-0.2, -0.15) is 5.10 Å². The molecule has 2 aromatic rings. The molecule has 0 saturated carbocycles. The molecule has 0 bridgehead atoms. The molecule has 1 aromatic heterocycles. The first-order valence-corrected chi connectivity index (χ1v) is 5.67. The van der Waals surface area contributed by atoms with Gasteiger partial charge in [-0.25, -0.2) is 9.48 Å². The van der Waals surface area contributed by atoms with Crippen LogP contribution in [0.4, 0.5) is 0 Å². The minimum Gasteiger partial charge on any atom is -0.491 e. The van der Waals surface area contributed by atoms with Crippen LogP contribution in [0.1, 0.15) is 0 Å². The Labute approximate surface area is 108 Å². The predicted molar refractivity (Wildman–Crippen MR) is 67.1 cm³/mol. The van der Waals surface area contributed by atoms with Gasteiger partial charge in [-0.15, -0.1) is 0 Å². The molecule has 0 spiro atoms. The van der Waals surface area contributed by atoms with Gasteiger partial charge in [0.1, 0.15) is 24.7 Å². The zero-order valence-corrected chi connectivity index (χ0v) is 10.0. The van der Waals surface area contributed by atoms with E-state index in [-0.39, 0.29) is 13.2 Å². The number of aliphatic hydroxyl groups excluding tert-OH is 1. The third-order valence-corrected chi connectivity index (χ3v) is 2.35. The van der Waals surface area contributed by atoms with Gasteiger partial charge in [0.15, 0.2) is 0 Å². The van der Waals surface area contributed by atoms with E-state index in [1.807, 2.05) is 18.2 Å². The number of aliphatic hydroxyl groups is 1. The van der Waals surface area contributed by atoms with Crippen LogP contribution in [-0.2, 0) is 6.54 Å². The molecule has 100 valence electrons. The van der Waals surface area contributed by atoms with Gasteiger partial charge < -0.3 is 9.84 Å². The number of rotatable bonds is 5. The molecule has 19 heavy (non-hydrogen) atoms.